The van der Waals surface area contributed by atoms with E-state index < -0.39 is 10.7 Å². The van der Waals surface area contributed by atoms with E-state index in [2.05, 4.69) is 27.7 Å². The monoisotopic (exact) mass is 295 g/mol. The quantitative estimate of drug-likeness (QED) is 0.685. The highest BCUT2D eigenvalue weighted by atomic mass is 32.2. The Kier molecular flexibility index (Phi) is 4.12. The van der Waals surface area contributed by atoms with Gasteiger partial charge < -0.3 is 15.5 Å². The first kappa shape index (κ1) is 13.7. The minimum atomic E-state index is -2.29. The van der Waals surface area contributed by atoms with E-state index in [0.717, 1.165) is 43.7 Å². The molecule has 0 bridgehead atoms. The molecule has 0 saturated carbocycles. The lowest BCUT2D eigenvalue weighted by Gasteiger charge is -2.20. The van der Waals surface area contributed by atoms with Gasteiger partial charge in [-0.1, -0.05) is 0 Å². The Balaban J connectivity index is 1.56. The molecule has 1 aromatic carbocycles. The van der Waals surface area contributed by atoms with E-state index in [1.54, 1.807) is 0 Å². The fraction of sp³-hybridized carbons (Fsp3) is 0.571. The predicted octanol–water partition coefficient (Wildman–Crippen LogP) is 0.365. The summed E-state index contributed by atoms with van der Waals surface area (Å²) in [5.41, 5.74) is 2.24. The molecular weight excluding hydrogens is 274 g/mol. The number of hydrogen-bond donors (Lipinski definition) is 3. The zero-order valence-electron chi connectivity index (χ0n) is 11.4. The van der Waals surface area contributed by atoms with Crippen molar-refractivity contribution in [2.24, 2.45) is 11.8 Å². The molecule has 110 valence electrons. The number of fused-ring (bicyclic) bond motifs is 1. The molecule has 6 heteroatoms. The zero-order chi connectivity index (χ0) is 13.9. The summed E-state index contributed by atoms with van der Waals surface area (Å²) in [6, 6.07) is 8.29. The SMILES string of the molecule is O=[SH](=O)CCNc1ccc(N2C[C@H]3CNC[C@H]3C2)cc1. The van der Waals surface area contributed by atoms with Crippen molar-refractivity contribution in [3.8, 4) is 0 Å². The summed E-state index contributed by atoms with van der Waals surface area (Å²) in [6.45, 7) is 5.04. The molecule has 2 heterocycles. The van der Waals surface area contributed by atoms with E-state index >= 15 is 0 Å². The van der Waals surface area contributed by atoms with E-state index in [1.807, 2.05) is 12.1 Å². The molecular formula is C14H21N3O2S. The first-order chi connectivity index (χ1) is 9.72. The third-order valence-electron chi connectivity index (χ3n) is 4.25. The first-order valence-electron chi connectivity index (χ1n) is 7.14. The maximum Gasteiger partial charge on any atom is 0.141 e. The highest BCUT2D eigenvalue weighted by Gasteiger charge is 2.35. The Morgan fingerprint density at radius 2 is 1.80 bits per heavy atom. The van der Waals surface area contributed by atoms with Crippen LogP contribution in [0.4, 0.5) is 11.4 Å². The van der Waals surface area contributed by atoms with Gasteiger partial charge in [-0.3, -0.25) is 0 Å². The van der Waals surface area contributed by atoms with Crippen LogP contribution in [-0.4, -0.2) is 46.9 Å². The van der Waals surface area contributed by atoms with Crippen molar-refractivity contribution >= 4 is 22.1 Å². The average Bonchev–Trinajstić information content (AvgIpc) is 3.00. The van der Waals surface area contributed by atoms with E-state index in [-0.39, 0.29) is 5.75 Å². The summed E-state index contributed by atoms with van der Waals surface area (Å²) >= 11 is 0. The molecule has 1 aromatic rings. The molecule has 0 spiro atoms. The van der Waals surface area contributed by atoms with Crippen LogP contribution in [0.25, 0.3) is 0 Å². The Morgan fingerprint density at radius 1 is 1.15 bits per heavy atom. The van der Waals surface area contributed by atoms with E-state index in [0.29, 0.717) is 6.54 Å². The molecule has 20 heavy (non-hydrogen) atoms. The van der Waals surface area contributed by atoms with Gasteiger partial charge in [0.25, 0.3) is 0 Å². The second-order valence-corrected chi connectivity index (χ2v) is 6.73. The van der Waals surface area contributed by atoms with E-state index in [9.17, 15) is 8.42 Å². The van der Waals surface area contributed by atoms with Crippen LogP contribution in [0, 0.1) is 11.8 Å². The molecule has 3 rings (SSSR count). The highest BCUT2D eigenvalue weighted by molar-refractivity contribution is 7.72. The van der Waals surface area contributed by atoms with Crippen LogP contribution in [0.5, 0.6) is 0 Å². The topological polar surface area (TPSA) is 61.4 Å². The molecule has 0 unspecified atom stereocenters. The number of benzene rings is 1. The van der Waals surface area contributed by atoms with Crippen LogP contribution in [0.2, 0.25) is 0 Å². The molecule has 2 atom stereocenters. The minimum Gasteiger partial charge on any atom is -0.384 e. The molecule has 5 nitrogen and oxygen atoms in total. The van der Waals surface area contributed by atoms with E-state index in [1.165, 1.54) is 5.69 Å². The van der Waals surface area contributed by atoms with Gasteiger partial charge in [0.2, 0.25) is 0 Å². The van der Waals surface area contributed by atoms with Gasteiger partial charge in [0, 0.05) is 44.1 Å². The number of nitrogens with zero attached hydrogens (tertiary/aromatic N) is 1. The van der Waals surface area contributed by atoms with Crippen molar-refractivity contribution in [2.45, 2.75) is 0 Å². The van der Waals surface area contributed by atoms with Crippen molar-refractivity contribution in [3.63, 3.8) is 0 Å². The fourth-order valence-corrected chi connectivity index (χ4v) is 3.44. The molecule has 2 aliphatic rings. The number of hydrogen-bond acceptors (Lipinski definition) is 5. The van der Waals surface area contributed by atoms with Crippen LogP contribution < -0.4 is 15.5 Å². The normalized spacial score (nSPS) is 25.1. The average molecular weight is 295 g/mol. The Hall–Kier alpha value is -1.27. The second kappa shape index (κ2) is 6.01. The standard InChI is InChI=1S/C14H21N3O2S/c18-20(19)6-5-16-13-1-3-14(4-2-13)17-9-11-7-15-8-12(11)10-17/h1-4,11-12,15-16,20H,5-10H2/t11-,12+. The van der Waals surface area contributed by atoms with Gasteiger partial charge in [-0.2, -0.15) is 0 Å². The summed E-state index contributed by atoms with van der Waals surface area (Å²) in [4.78, 5) is 2.45. The number of anilines is 2. The van der Waals surface area contributed by atoms with Crippen LogP contribution in [-0.2, 0) is 10.7 Å². The van der Waals surface area contributed by atoms with Crippen LogP contribution in [0.3, 0.4) is 0 Å². The van der Waals surface area contributed by atoms with Gasteiger partial charge in [0.1, 0.15) is 10.7 Å². The molecule has 0 aliphatic carbocycles. The lowest BCUT2D eigenvalue weighted by atomic mass is 10.0. The lowest BCUT2D eigenvalue weighted by Crippen LogP contribution is -2.25. The van der Waals surface area contributed by atoms with Gasteiger partial charge in [-0.05, 0) is 36.1 Å². The summed E-state index contributed by atoms with van der Waals surface area (Å²) in [5.74, 6) is 1.77. The number of thiol groups is 1. The number of rotatable bonds is 5. The molecule has 0 amide bonds. The smallest absolute Gasteiger partial charge is 0.141 e. The van der Waals surface area contributed by atoms with Crippen LogP contribution in [0.15, 0.2) is 24.3 Å². The summed E-state index contributed by atoms with van der Waals surface area (Å²) < 4.78 is 21.0. The van der Waals surface area contributed by atoms with Gasteiger partial charge >= 0.3 is 0 Å². The minimum absolute atomic E-state index is 0.180. The van der Waals surface area contributed by atoms with Gasteiger partial charge in [0.05, 0.1) is 5.75 Å². The summed E-state index contributed by atoms with van der Waals surface area (Å²) in [5, 5.41) is 6.57. The van der Waals surface area contributed by atoms with Crippen molar-refractivity contribution in [3.05, 3.63) is 24.3 Å². The molecule has 2 saturated heterocycles. The third kappa shape index (κ3) is 3.07. The highest BCUT2D eigenvalue weighted by Crippen LogP contribution is 2.30. The van der Waals surface area contributed by atoms with Crippen molar-refractivity contribution < 1.29 is 8.42 Å². The Morgan fingerprint density at radius 3 is 2.40 bits per heavy atom. The van der Waals surface area contributed by atoms with Crippen LogP contribution >= 0.6 is 0 Å². The van der Waals surface area contributed by atoms with E-state index in [4.69, 9.17) is 0 Å². The maximum atomic E-state index is 10.5. The van der Waals surface area contributed by atoms with Crippen LogP contribution in [0.1, 0.15) is 0 Å². The molecule has 0 aromatic heterocycles. The summed E-state index contributed by atoms with van der Waals surface area (Å²) in [7, 11) is -2.29. The van der Waals surface area contributed by atoms with Crippen molar-refractivity contribution in [1.29, 1.82) is 0 Å². The van der Waals surface area contributed by atoms with Crippen molar-refractivity contribution in [2.75, 3.05) is 48.7 Å². The first-order valence-corrected chi connectivity index (χ1v) is 8.50. The van der Waals surface area contributed by atoms with Gasteiger partial charge in [-0.25, -0.2) is 8.42 Å². The largest absolute Gasteiger partial charge is 0.384 e. The van der Waals surface area contributed by atoms with Gasteiger partial charge in [-0.15, -0.1) is 0 Å². The molecule has 2 aliphatic heterocycles. The lowest BCUT2D eigenvalue weighted by molar-refractivity contribution is 0.533. The second-order valence-electron chi connectivity index (χ2n) is 5.61. The van der Waals surface area contributed by atoms with Crippen molar-refractivity contribution in [1.82, 2.24) is 5.32 Å². The van der Waals surface area contributed by atoms with Gasteiger partial charge in [0.15, 0.2) is 0 Å². The number of nitrogens with one attached hydrogen (secondary N) is 2. The molecule has 2 N–H and O–H groups in total. The fourth-order valence-electron chi connectivity index (χ4n) is 3.15. The maximum absolute atomic E-state index is 10.5. The molecule has 2 fully saturated rings. The summed E-state index contributed by atoms with van der Waals surface area (Å²) in [6.07, 6.45) is 0. The Bertz CT molecular complexity index is 510. The zero-order valence-corrected chi connectivity index (χ0v) is 12.3. The Labute approximate surface area is 121 Å². The predicted molar refractivity (Wildman–Crippen MR) is 82.2 cm³/mol. The molecule has 0 radical (unpaired) electrons. The third-order valence-corrected chi connectivity index (χ3v) is 4.83.